The average molecular weight is 475 g/mol. The summed E-state index contributed by atoms with van der Waals surface area (Å²) in [4.78, 5) is 16.6. The van der Waals surface area contributed by atoms with Crippen molar-refractivity contribution < 1.29 is 9.47 Å². The third-order valence-corrected chi connectivity index (χ3v) is 6.87. The van der Waals surface area contributed by atoms with Gasteiger partial charge in [0.2, 0.25) is 17.8 Å². The molecule has 0 amide bonds. The summed E-state index contributed by atoms with van der Waals surface area (Å²) in [5.74, 6) is 3.35. The van der Waals surface area contributed by atoms with Crippen LogP contribution in [0, 0.1) is 0 Å². The van der Waals surface area contributed by atoms with E-state index in [2.05, 4.69) is 39.8 Å². The molecule has 2 N–H and O–H groups in total. The van der Waals surface area contributed by atoms with E-state index in [9.17, 15) is 0 Å². The summed E-state index contributed by atoms with van der Waals surface area (Å²) >= 11 is 0. The van der Waals surface area contributed by atoms with Gasteiger partial charge >= 0.3 is 0 Å². The Morgan fingerprint density at radius 2 is 1.66 bits per heavy atom. The van der Waals surface area contributed by atoms with Crippen LogP contribution in [0.15, 0.2) is 42.5 Å². The van der Waals surface area contributed by atoms with E-state index >= 15 is 0 Å². The fourth-order valence-electron chi connectivity index (χ4n) is 4.92. The number of rotatable bonds is 8. The fraction of sp³-hybridized carbons (Fsp3) is 0.444. The van der Waals surface area contributed by atoms with E-state index in [0.717, 1.165) is 37.9 Å². The molecular formula is C27H34N6O2. The fourth-order valence-corrected chi connectivity index (χ4v) is 4.92. The molecule has 1 aliphatic heterocycles. The molecular weight excluding hydrogens is 440 g/mol. The maximum Gasteiger partial charge on any atom is 0.232 e. The lowest BCUT2D eigenvalue weighted by molar-refractivity contribution is 0.354. The highest BCUT2D eigenvalue weighted by Crippen LogP contribution is 2.28. The predicted octanol–water partition coefficient (Wildman–Crippen LogP) is 4.81. The molecule has 1 saturated carbocycles. The molecule has 5 rings (SSSR count). The van der Waals surface area contributed by atoms with E-state index in [1.807, 2.05) is 18.2 Å². The minimum Gasteiger partial charge on any atom is -0.493 e. The topological polar surface area (TPSA) is 84.4 Å². The second-order valence-corrected chi connectivity index (χ2v) is 9.25. The highest BCUT2D eigenvalue weighted by molar-refractivity contribution is 5.48. The Labute approximate surface area is 207 Å². The molecule has 0 saturated heterocycles. The monoisotopic (exact) mass is 474 g/mol. The lowest BCUT2D eigenvalue weighted by Gasteiger charge is -2.29. The minimum atomic E-state index is 0.416. The maximum atomic E-state index is 5.45. The van der Waals surface area contributed by atoms with Crippen molar-refractivity contribution in [3.8, 4) is 11.5 Å². The predicted molar refractivity (Wildman–Crippen MR) is 138 cm³/mol. The van der Waals surface area contributed by atoms with E-state index in [1.54, 1.807) is 14.2 Å². The van der Waals surface area contributed by atoms with E-state index < -0.39 is 0 Å². The zero-order valence-electron chi connectivity index (χ0n) is 20.6. The van der Waals surface area contributed by atoms with Gasteiger partial charge in [0.15, 0.2) is 11.5 Å². The molecule has 0 atom stereocenters. The normalized spacial score (nSPS) is 15.9. The first-order valence-electron chi connectivity index (χ1n) is 12.5. The Hall–Kier alpha value is -3.55. The molecule has 1 aliphatic carbocycles. The second-order valence-electron chi connectivity index (χ2n) is 9.25. The number of hydrogen-bond acceptors (Lipinski definition) is 8. The van der Waals surface area contributed by atoms with E-state index in [-0.39, 0.29) is 0 Å². The maximum absolute atomic E-state index is 5.45. The van der Waals surface area contributed by atoms with Crippen molar-refractivity contribution in [2.24, 2.45) is 0 Å². The number of fused-ring (bicyclic) bond motifs is 1. The molecule has 0 bridgehead atoms. The van der Waals surface area contributed by atoms with Crippen molar-refractivity contribution in [3.63, 3.8) is 0 Å². The lowest BCUT2D eigenvalue weighted by atomic mass is 9.96. The summed E-state index contributed by atoms with van der Waals surface area (Å²) in [6.45, 7) is 2.26. The van der Waals surface area contributed by atoms with Crippen LogP contribution in [0.1, 0.15) is 48.8 Å². The van der Waals surface area contributed by atoms with Crippen LogP contribution in [0.25, 0.3) is 0 Å². The van der Waals surface area contributed by atoms with Crippen molar-refractivity contribution >= 4 is 17.8 Å². The molecule has 2 aromatic carbocycles. The van der Waals surface area contributed by atoms with Crippen LogP contribution < -0.4 is 25.0 Å². The van der Waals surface area contributed by atoms with Crippen LogP contribution in [0.3, 0.4) is 0 Å². The zero-order chi connectivity index (χ0) is 24.0. The first-order valence-corrected chi connectivity index (χ1v) is 12.5. The number of nitrogens with zero attached hydrogens (tertiary/aromatic N) is 4. The SMILES string of the molecule is COc1ccc(CNc2nc(NC3CCCCC3)nc(N3CCc4ccccc4C3)n2)cc1OC. The number of benzene rings is 2. The molecule has 35 heavy (non-hydrogen) atoms. The van der Waals surface area contributed by atoms with Gasteiger partial charge in [-0.05, 0) is 48.1 Å². The van der Waals surface area contributed by atoms with E-state index in [4.69, 9.17) is 24.4 Å². The second kappa shape index (κ2) is 10.8. The number of hydrogen-bond donors (Lipinski definition) is 2. The molecule has 8 nitrogen and oxygen atoms in total. The van der Waals surface area contributed by atoms with Gasteiger partial charge in [-0.3, -0.25) is 0 Å². The molecule has 184 valence electrons. The largest absolute Gasteiger partial charge is 0.493 e. The Balaban J connectivity index is 1.37. The summed E-state index contributed by atoms with van der Waals surface area (Å²) in [5.41, 5.74) is 3.80. The van der Waals surface area contributed by atoms with Gasteiger partial charge in [-0.25, -0.2) is 0 Å². The minimum absolute atomic E-state index is 0.416. The van der Waals surface area contributed by atoms with Crippen molar-refractivity contribution in [2.75, 3.05) is 36.3 Å². The Morgan fingerprint density at radius 1 is 0.886 bits per heavy atom. The van der Waals surface area contributed by atoms with E-state index in [1.165, 1.54) is 30.4 Å². The Morgan fingerprint density at radius 3 is 2.46 bits per heavy atom. The van der Waals surface area contributed by atoms with Gasteiger partial charge in [0.25, 0.3) is 0 Å². The van der Waals surface area contributed by atoms with Crippen LogP contribution in [-0.4, -0.2) is 41.8 Å². The van der Waals surface area contributed by atoms with Crippen molar-refractivity contribution in [1.82, 2.24) is 15.0 Å². The first kappa shape index (κ1) is 23.2. The van der Waals surface area contributed by atoms with Gasteiger partial charge in [-0.2, -0.15) is 15.0 Å². The van der Waals surface area contributed by atoms with Gasteiger partial charge in [-0.1, -0.05) is 49.6 Å². The molecule has 2 heterocycles. The van der Waals surface area contributed by atoms with Gasteiger partial charge < -0.3 is 25.0 Å². The molecule has 2 aliphatic rings. The molecule has 1 fully saturated rings. The number of aromatic nitrogens is 3. The summed E-state index contributed by atoms with van der Waals surface area (Å²) in [6.07, 6.45) is 7.12. The molecule has 1 aromatic heterocycles. The van der Waals surface area contributed by atoms with Gasteiger partial charge in [-0.15, -0.1) is 0 Å². The van der Waals surface area contributed by atoms with Gasteiger partial charge in [0, 0.05) is 25.7 Å². The number of anilines is 3. The van der Waals surface area contributed by atoms with Crippen molar-refractivity contribution in [2.45, 2.75) is 57.7 Å². The quantitative estimate of drug-likeness (QED) is 0.481. The van der Waals surface area contributed by atoms with Gasteiger partial charge in [0.05, 0.1) is 14.2 Å². The summed E-state index contributed by atoms with van der Waals surface area (Å²) < 4.78 is 10.8. The van der Waals surface area contributed by atoms with Gasteiger partial charge in [0.1, 0.15) is 0 Å². The first-order chi connectivity index (χ1) is 17.2. The number of ether oxygens (including phenoxy) is 2. The Bertz CT molecular complexity index is 1150. The standard InChI is InChI=1S/C27H34N6O2/c1-34-23-13-12-19(16-24(23)35-2)17-28-25-30-26(29-22-10-4-3-5-11-22)32-27(31-25)33-15-14-20-8-6-7-9-21(20)18-33/h6-9,12-13,16,22H,3-5,10-11,14-15,17-18H2,1-2H3,(H2,28,29,30,31,32). The number of methoxy groups -OCH3 is 2. The summed E-state index contributed by atoms with van der Waals surface area (Å²) in [6, 6.07) is 14.9. The highest BCUT2D eigenvalue weighted by atomic mass is 16.5. The molecule has 8 heteroatoms. The lowest BCUT2D eigenvalue weighted by Crippen LogP contribution is -2.32. The third-order valence-electron chi connectivity index (χ3n) is 6.87. The molecule has 0 spiro atoms. The van der Waals surface area contributed by atoms with Crippen LogP contribution in [0.5, 0.6) is 11.5 Å². The average Bonchev–Trinajstić information content (AvgIpc) is 2.92. The van der Waals surface area contributed by atoms with Crippen LogP contribution in [0.4, 0.5) is 17.8 Å². The van der Waals surface area contributed by atoms with Crippen LogP contribution in [0.2, 0.25) is 0 Å². The van der Waals surface area contributed by atoms with Crippen molar-refractivity contribution in [1.29, 1.82) is 0 Å². The highest BCUT2D eigenvalue weighted by Gasteiger charge is 2.21. The molecule has 3 aromatic rings. The molecule has 0 unspecified atom stereocenters. The van der Waals surface area contributed by atoms with Crippen LogP contribution in [-0.2, 0) is 19.5 Å². The smallest absolute Gasteiger partial charge is 0.232 e. The zero-order valence-corrected chi connectivity index (χ0v) is 20.6. The van der Waals surface area contributed by atoms with E-state index in [0.29, 0.717) is 41.9 Å². The molecule has 0 radical (unpaired) electrons. The van der Waals surface area contributed by atoms with Crippen LogP contribution >= 0.6 is 0 Å². The number of nitrogens with one attached hydrogen (secondary N) is 2. The summed E-state index contributed by atoms with van der Waals surface area (Å²) in [7, 11) is 3.29. The third kappa shape index (κ3) is 5.58. The Kier molecular flexibility index (Phi) is 7.16. The summed E-state index contributed by atoms with van der Waals surface area (Å²) in [5, 5.41) is 6.99. The van der Waals surface area contributed by atoms with Crippen molar-refractivity contribution in [3.05, 3.63) is 59.2 Å².